The highest BCUT2D eigenvalue weighted by Gasteiger charge is 2.18. The molecule has 0 saturated heterocycles. The Morgan fingerprint density at radius 1 is 1.11 bits per heavy atom. The molecule has 2 atom stereocenters. The minimum Gasteiger partial charge on any atom is -0.307 e. The molecule has 0 saturated carbocycles. The highest BCUT2D eigenvalue weighted by atomic mass is 32.1. The zero-order valence-electron chi connectivity index (χ0n) is 13.1. The van der Waals surface area contributed by atoms with E-state index in [0.717, 1.165) is 0 Å². The van der Waals surface area contributed by atoms with E-state index < -0.39 is 0 Å². The largest absolute Gasteiger partial charge is 0.307 e. The summed E-state index contributed by atoms with van der Waals surface area (Å²) in [6.07, 6.45) is 8.20. The Labute approximate surface area is 123 Å². The van der Waals surface area contributed by atoms with E-state index in [2.05, 4.69) is 50.5 Å². The van der Waals surface area contributed by atoms with Gasteiger partial charge in [0, 0.05) is 17.0 Å². The molecule has 1 rings (SSSR count). The molecular formula is C17H31NS. The molecule has 0 fully saturated rings. The SMILES string of the molecule is CCCCCCCC(C)NC(c1cccs1)C(C)C. The van der Waals surface area contributed by atoms with E-state index in [1.54, 1.807) is 0 Å². The average Bonchev–Trinajstić information content (AvgIpc) is 2.89. The van der Waals surface area contributed by atoms with Crippen LogP contribution in [0, 0.1) is 5.92 Å². The normalized spacial score (nSPS) is 14.8. The molecule has 1 aromatic heterocycles. The zero-order chi connectivity index (χ0) is 14.1. The van der Waals surface area contributed by atoms with Crippen molar-refractivity contribution in [2.45, 2.75) is 78.3 Å². The topological polar surface area (TPSA) is 12.0 Å². The highest BCUT2D eigenvalue weighted by Crippen LogP contribution is 2.26. The molecule has 0 spiro atoms. The van der Waals surface area contributed by atoms with Gasteiger partial charge in [-0.2, -0.15) is 0 Å². The lowest BCUT2D eigenvalue weighted by Crippen LogP contribution is -2.33. The summed E-state index contributed by atoms with van der Waals surface area (Å²) >= 11 is 1.87. The van der Waals surface area contributed by atoms with Crippen molar-refractivity contribution in [2.24, 2.45) is 5.92 Å². The molecular weight excluding hydrogens is 250 g/mol. The van der Waals surface area contributed by atoms with Gasteiger partial charge in [-0.1, -0.05) is 58.9 Å². The van der Waals surface area contributed by atoms with Crippen LogP contribution in [0.25, 0.3) is 0 Å². The van der Waals surface area contributed by atoms with Crippen LogP contribution in [0.4, 0.5) is 0 Å². The first-order valence-electron chi connectivity index (χ1n) is 7.94. The molecule has 0 aromatic carbocycles. The van der Waals surface area contributed by atoms with Gasteiger partial charge in [-0.3, -0.25) is 0 Å². The summed E-state index contributed by atoms with van der Waals surface area (Å²) in [7, 11) is 0. The van der Waals surface area contributed by atoms with E-state index in [9.17, 15) is 0 Å². The summed E-state index contributed by atoms with van der Waals surface area (Å²) < 4.78 is 0. The third-order valence-corrected chi connectivity index (χ3v) is 4.68. The maximum absolute atomic E-state index is 3.82. The number of rotatable bonds is 10. The van der Waals surface area contributed by atoms with E-state index in [-0.39, 0.29) is 0 Å². The number of unbranched alkanes of at least 4 members (excludes halogenated alkanes) is 4. The molecule has 1 nitrogen and oxygen atoms in total. The maximum atomic E-state index is 3.82. The third kappa shape index (κ3) is 6.58. The van der Waals surface area contributed by atoms with Gasteiger partial charge in [0.1, 0.15) is 0 Å². The molecule has 1 heterocycles. The first kappa shape index (κ1) is 16.7. The Bertz CT molecular complexity index is 305. The van der Waals surface area contributed by atoms with E-state index >= 15 is 0 Å². The Kier molecular flexibility index (Phi) is 8.40. The van der Waals surface area contributed by atoms with Crippen molar-refractivity contribution in [3.63, 3.8) is 0 Å². The summed E-state index contributed by atoms with van der Waals surface area (Å²) in [5, 5.41) is 6.00. The van der Waals surface area contributed by atoms with Crippen LogP contribution >= 0.6 is 11.3 Å². The maximum Gasteiger partial charge on any atom is 0.0440 e. The molecule has 0 radical (unpaired) electrons. The molecule has 0 aliphatic heterocycles. The van der Waals surface area contributed by atoms with Crippen molar-refractivity contribution in [1.82, 2.24) is 5.32 Å². The Hall–Kier alpha value is -0.340. The second kappa shape index (κ2) is 9.55. The van der Waals surface area contributed by atoms with Crippen molar-refractivity contribution >= 4 is 11.3 Å². The summed E-state index contributed by atoms with van der Waals surface area (Å²) in [5.41, 5.74) is 0. The van der Waals surface area contributed by atoms with Crippen molar-refractivity contribution < 1.29 is 0 Å². The van der Waals surface area contributed by atoms with Gasteiger partial charge in [0.15, 0.2) is 0 Å². The molecule has 1 N–H and O–H groups in total. The molecule has 110 valence electrons. The van der Waals surface area contributed by atoms with Crippen LogP contribution in [-0.4, -0.2) is 6.04 Å². The zero-order valence-corrected chi connectivity index (χ0v) is 13.9. The molecule has 0 bridgehead atoms. The number of thiophene rings is 1. The summed E-state index contributed by atoms with van der Waals surface area (Å²) in [4.78, 5) is 1.48. The van der Waals surface area contributed by atoms with Gasteiger partial charge >= 0.3 is 0 Å². The Morgan fingerprint density at radius 3 is 2.42 bits per heavy atom. The predicted molar refractivity (Wildman–Crippen MR) is 87.9 cm³/mol. The first-order chi connectivity index (χ1) is 9.15. The standard InChI is InChI=1S/C17H31NS/c1-5-6-7-8-9-11-15(4)18-17(14(2)3)16-12-10-13-19-16/h10,12-15,17-18H,5-9,11H2,1-4H3. The summed E-state index contributed by atoms with van der Waals surface area (Å²) in [6.45, 7) is 9.23. The van der Waals surface area contributed by atoms with Gasteiger partial charge in [-0.15, -0.1) is 11.3 Å². The van der Waals surface area contributed by atoms with Crippen molar-refractivity contribution in [3.8, 4) is 0 Å². The fraction of sp³-hybridized carbons (Fsp3) is 0.765. The van der Waals surface area contributed by atoms with Crippen LogP contribution in [-0.2, 0) is 0 Å². The first-order valence-corrected chi connectivity index (χ1v) is 8.82. The van der Waals surface area contributed by atoms with Gasteiger partial charge in [0.25, 0.3) is 0 Å². The molecule has 0 aliphatic rings. The lowest BCUT2D eigenvalue weighted by molar-refractivity contribution is 0.357. The number of hydrogen-bond donors (Lipinski definition) is 1. The van der Waals surface area contributed by atoms with Crippen molar-refractivity contribution in [3.05, 3.63) is 22.4 Å². The quantitative estimate of drug-likeness (QED) is 0.536. The van der Waals surface area contributed by atoms with E-state index in [4.69, 9.17) is 0 Å². The molecule has 0 aliphatic carbocycles. The lowest BCUT2D eigenvalue weighted by Gasteiger charge is -2.25. The van der Waals surface area contributed by atoms with Crippen LogP contribution in [0.3, 0.4) is 0 Å². The van der Waals surface area contributed by atoms with E-state index in [1.165, 1.54) is 43.4 Å². The molecule has 0 amide bonds. The third-order valence-electron chi connectivity index (χ3n) is 3.72. The minimum absolute atomic E-state index is 0.519. The van der Waals surface area contributed by atoms with Gasteiger partial charge < -0.3 is 5.32 Å². The van der Waals surface area contributed by atoms with Gasteiger partial charge in [0.2, 0.25) is 0 Å². The fourth-order valence-electron chi connectivity index (χ4n) is 2.52. The van der Waals surface area contributed by atoms with Crippen molar-refractivity contribution in [2.75, 3.05) is 0 Å². The van der Waals surface area contributed by atoms with Crippen LogP contribution in [0.2, 0.25) is 0 Å². The Morgan fingerprint density at radius 2 is 1.84 bits per heavy atom. The molecule has 19 heavy (non-hydrogen) atoms. The second-order valence-corrected chi connectivity index (χ2v) is 6.99. The van der Waals surface area contributed by atoms with Crippen LogP contribution in [0.1, 0.15) is 77.1 Å². The van der Waals surface area contributed by atoms with Gasteiger partial charge in [-0.05, 0) is 30.7 Å². The summed E-state index contributed by atoms with van der Waals surface area (Å²) in [5.74, 6) is 0.654. The van der Waals surface area contributed by atoms with Gasteiger partial charge in [0.05, 0.1) is 0 Å². The van der Waals surface area contributed by atoms with Gasteiger partial charge in [-0.25, -0.2) is 0 Å². The monoisotopic (exact) mass is 281 g/mol. The van der Waals surface area contributed by atoms with Crippen LogP contribution in [0.5, 0.6) is 0 Å². The van der Waals surface area contributed by atoms with E-state index in [1.807, 2.05) is 11.3 Å². The molecule has 2 unspecified atom stereocenters. The smallest absolute Gasteiger partial charge is 0.0440 e. The van der Waals surface area contributed by atoms with E-state index in [0.29, 0.717) is 18.0 Å². The summed E-state index contributed by atoms with van der Waals surface area (Å²) in [6, 6.07) is 5.56. The Balaban J connectivity index is 2.30. The highest BCUT2D eigenvalue weighted by molar-refractivity contribution is 7.10. The van der Waals surface area contributed by atoms with Crippen molar-refractivity contribution in [1.29, 1.82) is 0 Å². The number of hydrogen-bond acceptors (Lipinski definition) is 2. The second-order valence-electron chi connectivity index (χ2n) is 6.01. The molecule has 1 aromatic rings. The minimum atomic E-state index is 0.519. The lowest BCUT2D eigenvalue weighted by atomic mass is 10.00. The molecule has 2 heteroatoms. The predicted octanol–water partition coefficient (Wildman–Crippen LogP) is 5.78. The average molecular weight is 282 g/mol. The van der Waals surface area contributed by atoms with Crippen LogP contribution < -0.4 is 5.32 Å². The van der Waals surface area contributed by atoms with Crippen LogP contribution in [0.15, 0.2) is 17.5 Å². The fourth-order valence-corrected chi connectivity index (χ4v) is 3.47. The number of nitrogens with one attached hydrogen (secondary N) is 1.